The van der Waals surface area contributed by atoms with Crippen LogP contribution in [0.2, 0.25) is 0 Å². The molecule has 1 amide bonds. The number of amides is 1. The van der Waals surface area contributed by atoms with Gasteiger partial charge in [-0.25, -0.2) is 0 Å². The number of nitrogens with one attached hydrogen (secondary N) is 1. The molecule has 0 aliphatic rings. The molecule has 0 spiro atoms. The highest BCUT2D eigenvalue weighted by Gasteiger charge is 2.20. The van der Waals surface area contributed by atoms with Crippen molar-refractivity contribution in [2.75, 3.05) is 6.54 Å². The summed E-state index contributed by atoms with van der Waals surface area (Å²) in [4.78, 5) is 16.2. The van der Waals surface area contributed by atoms with Crippen molar-refractivity contribution in [1.82, 2.24) is 14.7 Å². The van der Waals surface area contributed by atoms with Crippen LogP contribution >= 0.6 is 11.5 Å². The van der Waals surface area contributed by atoms with Crippen molar-refractivity contribution in [3.05, 3.63) is 35.7 Å². The van der Waals surface area contributed by atoms with E-state index in [2.05, 4.69) is 35.4 Å². The summed E-state index contributed by atoms with van der Waals surface area (Å²) in [5, 5.41) is 3.24. The number of rotatable bonds is 4. The van der Waals surface area contributed by atoms with E-state index >= 15 is 0 Å². The van der Waals surface area contributed by atoms with E-state index in [1.54, 1.807) is 24.3 Å². The third kappa shape index (κ3) is 4.01. The highest BCUT2D eigenvalue weighted by Crippen LogP contribution is 2.28. The zero-order chi connectivity index (χ0) is 15.5. The summed E-state index contributed by atoms with van der Waals surface area (Å²) in [5.41, 5.74) is 0.455. The molecule has 5 nitrogen and oxygen atoms in total. The first-order chi connectivity index (χ1) is 9.90. The number of hydrogen-bond acceptors (Lipinski definition) is 5. The van der Waals surface area contributed by atoms with Crippen LogP contribution in [0.3, 0.4) is 0 Å². The first kappa shape index (κ1) is 15.4. The van der Waals surface area contributed by atoms with Crippen molar-refractivity contribution in [3.8, 4) is 10.9 Å². The Hall–Kier alpha value is -1.95. The molecule has 0 aliphatic carbocycles. The van der Waals surface area contributed by atoms with Crippen LogP contribution < -0.4 is 10.1 Å². The van der Waals surface area contributed by atoms with E-state index in [1.807, 2.05) is 6.92 Å². The van der Waals surface area contributed by atoms with Crippen LogP contribution in [-0.2, 0) is 5.41 Å². The zero-order valence-corrected chi connectivity index (χ0v) is 13.5. The van der Waals surface area contributed by atoms with Crippen LogP contribution in [0.4, 0.5) is 0 Å². The molecule has 0 unspecified atom stereocenters. The van der Waals surface area contributed by atoms with Gasteiger partial charge in [0.15, 0.2) is 5.82 Å². The molecule has 0 fully saturated rings. The Bertz CT molecular complexity index is 632. The maximum atomic E-state index is 11.8. The van der Waals surface area contributed by atoms with Crippen molar-refractivity contribution in [1.29, 1.82) is 0 Å². The molecular formula is C15H19N3O2S. The highest BCUT2D eigenvalue weighted by atomic mass is 32.1. The lowest BCUT2D eigenvalue weighted by molar-refractivity contribution is 0.0955. The summed E-state index contributed by atoms with van der Waals surface area (Å²) < 4.78 is 9.98. The minimum Gasteiger partial charge on any atom is -0.430 e. The summed E-state index contributed by atoms with van der Waals surface area (Å²) >= 11 is 1.21. The van der Waals surface area contributed by atoms with Crippen molar-refractivity contribution in [2.24, 2.45) is 0 Å². The van der Waals surface area contributed by atoms with Crippen LogP contribution in [0.15, 0.2) is 24.3 Å². The van der Waals surface area contributed by atoms with E-state index < -0.39 is 0 Å². The SMILES string of the molecule is CCNC(=O)c1cccc(Oc2nc(C(C)(C)C)ns2)c1. The summed E-state index contributed by atoms with van der Waals surface area (Å²) in [7, 11) is 0. The predicted molar refractivity (Wildman–Crippen MR) is 83.1 cm³/mol. The lowest BCUT2D eigenvalue weighted by Crippen LogP contribution is -2.22. The Labute approximate surface area is 128 Å². The molecule has 2 rings (SSSR count). The molecular weight excluding hydrogens is 286 g/mol. The Morgan fingerprint density at radius 1 is 1.38 bits per heavy atom. The molecule has 0 saturated heterocycles. The largest absolute Gasteiger partial charge is 0.430 e. The molecule has 2 aromatic rings. The molecule has 0 atom stereocenters. The summed E-state index contributed by atoms with van der Waals surface area (Å²) in [6.45, 7) is 8.63. The number of ether oxygens (including phenoxy) is 1. The molecule has 0 saturated carbocycles. The van der Waals surface area contributed by atoms with Crippen molar-refractivity contribution >= 4 is 17.4 Å². The fourth-order valence-corrected chi connectivity index (χ4v) is 2.36. The quantitative estimate of drug-likeness (QED) is 0.940. The third-order valence-corrected chi connectivity index (χ3v) is 3.31. The van der Waals surface area contributed by atoms with Gasteiger partial charge in [0.2, 0.25) is 0 Å². The van der Waals surface area contributed by atoms with Gasteiger partial charge in [0.1, 0.15) is 5.75 Å². The minimum absolute atomic E-state index is 0.110. The zero-order valence-electron chi connectivity index (χ0n) is 12.6. The number of benzene rings is 1. The third-order valence-electron chi connectivity index (χ3n) is 2.72. The van der Waals surface area contributed by atoms with Crippen molar-refractivity contribution in [2.45, 2.75) is 33.1 Å². The van der Waals surface area contributed by atoms with Crippen molar-refractivity contribution in [3.63, 3.8) is 0 Å². The van der Waals surface area contributed by atoms with Gasteiger partial charge in [-0.2, -0.15) is 9.36 Å². The first-order valence-corrected chi connectivity index (χ1v) is 7.58. The van der Waals surface area contributed by atoms with E-state index in [9.17, 15) is 4.79 Å². The first-order valence-electron chi connectivity index (χ1n) is 6.80. The van der Waals surface area contributed by atoms with Crippen LogP contribution in [0.5, 0.6) is 10.9 Å². The average molecular weight is 305 g/mol. The molecule has 1 heterocycles. The second kappa shape index (κ2) is 6.22. The second-order valence-corrected chi connectivity index (χ2v) is 6.34. The van der Waals surface area contributed by atoms with Crippen LogP contribution in [0.1, 0.15) is 43.9 Å². The maximum absolute atomic E-state index is 11.8. The Kier molecular flexibility index (Phi) is 4.57. The Morgan fingerprint density at radius 2 is 2.14 bits per heavy atom. The number of nitrogens with zero attached hydrogens (tertiary/aromatic N) is 2. The van der Waals surface area contributed by atoms with Gasteiger partial charge in [-0.15, -0.1) is 0 Å². The molecule has 21 heavy (non-hydrogen) atoms. The molecule has 0 radical (unpaired) electrons. The normalized spacial score (nSPS) is 11.2. The Balaban J connectivity index is 2.15. The highest BCUT2D eigenvalue weighted by molar-refractivity contribution is 7.07. The van der Waals surface area contributed by atoms with Gasteiger partial charge in [-0.05, 0) is 25.1 Å². The van der Waals surface area contributed by atoms with Gasteiger partial charge in [-0.3, -0.25) is 4.79 Å². The van der Waals surface area contributed by atoms with Gasteiger partial charge < -0.3 is 10.1 Å². The van der Waals surface area contributed by atoms with Gasteiger partial charge in [-0.1, -0.05) is 26.8 Å². The number of carbonyl (C=O) groups excluding carboxylic acids is 1. The molecule has 1 aromatic heterocycles. The number of aromatic nitrogens is 2. The molecule has 112 valence electrons. The smallest absolute Gasteiger partial charge is 0.298 e. The summed E-state index contributed by atoms with van der Waals surface area (Å²) in [6, 6.07) is 7.02. The van der Waals surface area contributed by atoms with Gasteiger partial charge >= 0.3 is 0 Å². The van der Waals surface area contributed by atoms with Crippen molar-refractivity contribution < 1.29 is 9.53 Å². The number of carbonyl (C=O) groups is 1. The second-order valence-electron chi connectivity index (χ2n) is 5.62. The molecule has 1 N–H and O–H groups in total. The standard InChI is InChI=1S/C15H19N3O2S/c1-5-16-12(19)10-7-6-8-11(9-10)20-14-17-13(18-21-14)15(2,3)4/h6-9H,5H2,1-4H3,(H,16,19). The van der Waals surface area contributed by atoms with E-state index in [0.717, 1.165) is 5.82 Å². The maximum Gasteiger partial charge on any atom is 0.298 e. The van der Waals surface area contributed by atoms with Crippen LogP contribution in [0.25, 0.3) is 0 Å². The molecule has 0 bridgehead atoms. The lowest BCUT2D eigenvalue weighted by Gasteiger charge is -2.12. The topological polar surface area (TPSA) is 64.1 Å². The fraction of sp³-hybridized carbons (Fsp3) is 0.400. The van der Waals surface area contributed by atoms with E-state index in [4.69, 9.17) is 4.74 Å². The lowest BCUT2D eigenvalue weighted by atomic mass is 9.96. The summed E-state index contributed by atoms with van der Waals surface area (Å²) in [6.07, 6.45) is 0. The van der Waals surface area contributed by atoms with Gasteiger partial charge in [0.25, 0.3) is 11.1 Å². The van der Waals surface area contributed by atoms with Gasteiger partial charge in [0, 0.05) is 29.1 Å². The van der Waals surface area contributed by atoms with Crippen LogP contribution in [0, 0.1) is 0 Å². The summed E-state index contributed by atoms with van der Waals surface area (Å²) in [5.74, 6) is 1.22. The van der Waals surface area contributed by atoms with Gasteiger partial charge in [0.05, 0.1) is 0 Å². The van der Waals surface area contributed by atoms with E-state index in [1.165, 1.54) is 11.5 Å². The predicted octanol–water partition coefficient (Wildman–Crippen LogP) is 3.38. The Morgan fingerprint density at radius 3 is 2.76 bits per heavy atom. The monoisotopic (exact) mass is 305 g/mol. The molecule has 1 aromatic carbocycles. The minimum atomic E-state index is -0.115. The van der Waals surface area contributed by atoms with E-state index in [0.29, 0.717) is 23.1 Å². The molecule has 6 heteroatoms. The van der Waals surface area contributed by atoms with E-state index in [-0.39, 0.29) is 11.3 Å². The average Bonchev–Trinajstić information content (AvgIpc) is 2.88. The fourth-order valence-electron chi connectivity index (χ4n) is 1.62. The number of hydrogen-bond donors (Lipinski definition) is 1. The van der Waals surface area contributed by atoms with Crippen LogP contribution in [-0.4, -0.2) is 21.8 Å². The molecule has 0 aliphatic heterocycles.